The van der Waals surface area contributed by atoms with Crippen LogP contribution in [0.15, 0.2) is 36.7 Å². The maximum atomic E-state index is 12.5. The Balaban J connectivity index is 1.35. The Morgan fingerprint density at radius 2 is 1.88 bits per heavy atom. The highest BCUT2D eigenvalue weighted by Crippen LogP contribution is 2.29. The molecule has 1 aliphatic heterocycles. The van der Waals surface area contributed by atoms with Crippen molar-refractivity contribution in [3.8, 4) is 0 Å². The second-order valence-electron chi connectivity index (χ2n) is 6.78. The van der Waals surface area contributed by atoms with Crippen molar-refractivity contribution in [1.82, 2.24) is 29.4 Å². The van der Waals surface area contributed by atoms with Gasteiger partial charge >= 0.3 is 0 Å². The van der Waals surface area contributed by atoms with E-state index in [9.17, 15) is 9.90 Å². The van der Waals surface area contributed by atoms with Crippen LogP contribution in [0.1, 0.15) is 24.8 Å². The molecule has 2 aromatic heterocycles. The van der Waals surface area contributed by atoms with E-state index < -0.39 is 6.10 Å². The Kier molecular flexibility index (Phi) is 4.42. The molecule has 0 bridgehead atoms. The first-order chi connectivity index (χ1) is 12.6. The number of hydrogen-bond donors (Lipinski definition) is 1. The summed E-state index contributed by atoms with van der Waals surface area (Å²) in [6.45, 7) is 1.40. The van der Waals surface area contributed by atoms with E-state index in [1.807, 2.05) is 47.0 Å². The van der Waals surface area contributed by atoms with E-state index in [0.29, 0.717) is 18.9 Å². The molecule has 0 spiro atoms. The van der Waals surface area contributed by atoms with Gasteiger partial charge < -0.3 is 14.6 Å². The standard InChI is InChI=1S/C18H22N6O2/c1-22-11-8-19-18(22)17(26)13-6-9-23(10-7-13)16(25)12-24-20-14-4-2-3-5-15(14)21-24/h2-5,8,11,13,17,26H,6-7,9-10,12H2,1H3. The second-order valence-corrected chi connectivity index (χ2v) is 6.78. The predicted molar refractivity (Wildman–Crippen MR) is 95.0 cm³/mol. The minimum Gasteiger partial charge on any atom is -0.385 e. The molecule has 0 radical (unpaired) electrons. The number of fused-ring (bicyclic) bond motifs is 1. The Morgan fingerprint density at radius 1 is 1.23 bits per heavy atom. The van der Waals surface area contributed by atoms with Gasteiger partial charge in [-0.2, -0.15) is 15.0 Å². The minimum atomic E-state index is -0.592. The van der Waals surface area contributed by atoms with Crippen LogP contribution in [-0.4, -0.2) is 53.5 Å². The lowest BCUT2D eigenvalue weighted by Gasteiger charge is -2.33. The number of benzene rings is 1. The van der Waals surface area contributed by atoms with Gasteiger partial charge in [0, 0.05) is 32.5 Å². The van der Waals surface area contributed by atoms with Crippen molar-refractivity contribution in [2.24, 2.45) is 13.0 Å². The summed E-state index contributed by atoms with van der Waals surface area (Å²) in [4.78, 5) is 20.1. The lowest BCUT2D eigenvalue weighted by atomic mass is 9.90. The lowest BCUT2D eigenvalue weighted by molar-refractivity contribution is -0.134. The summed E-state index contributed by atoms with van der Waals surface area (Å²) in [5.41, 5.74) is 1.58. The van der Waals surface area contributed by atoms with Crippen LogP contribution in [0.5, 0.6) is 0 Å². The number of piperidine rings is 1. The predicted octanol–water partition coefficient (Wildman–Crippen LogP) is 1.14. The van der Waals surface area contributed by atoms with Crippen LogP contribution in [0, 0.1) is 5.92 Å². The number of rotatable bonds is 4. The Morgan fingerprint density at radius 3 is 2.46 bits per heavy atom. The van der Waals surface area contributed by atoms with Gasteiger partial charge in [-0.25, -0.2) is 4.98 Å². The van der Waals surface area contributed by atoms with E-state index in [1.165, 1.54) is 4.80 Å². The fraction of sp³-hybridized carbons (Fsp3) is 0.444. The molecule has 0 aliphatic carbocycles. The van der Waals surface area contributed by atoms with Crippen molar-refractivity contribution >= 4 is 16.9 Å². The number of aromatic nitrogens is 5. The van der Waals surface area contributed by atoms with Gasteiger partial charge in [0.2, 0.25) is 5.91 Å². The molecule has 0 saturated carbocycles. The van der Waals surface area contributed by atoms with Crippen molar-refractivity contribution in [1.29, 1.82) is 0 Å². The molecule has 1 aliphatic rings. The molecule has 1 unspecified atom stereocenters. The SMILES string of the molecule is Cn1ccnc1C(O)C1CCN(C(=O)Cn2nc3ccccc3n2)CC1. The highest BCUT2D eigenvalue weighted by Gasteiger charge is 2.30. The quantitative estimate of drug-likeness (QED) is 0.759. The van der Waals surface area contributed by atoms with Crippen molar-refractivity contribution in [2.45, 2.75) is 25.5 Å². The average molecular weight is 354 g/mol. The zero-order chi connectivity index (χ0) is 18.1. The zero-order valence-electron chi connectivity index (χ0n) is 14.7. The van der Waals surface area contributed by atoms with Gasteiger partial charge in [-0.1, -0.05) is 12.1 Å². The molecule has 1 atom stereocenters. The first kappa shape index (κ1) is 16.7. The number of carbonyl (C=O) groups is 1. The maximum absolute atomic E-state index is 12.5. The number of aliphatic hydroxyl groups is 1. The summed E-state index contributed by atoms with van der Waals surface area (Å²) in [7, 11) is 1.88. The molecule has 8 nitrogen and oxygen atoms in total. The fourth-order valence-corrected chi connectivity index (χ4v) is 3.53. The average Bonchev–Trinajstić information content (AvgIpc) is 3.26. The van der Waals surface area contributed by atoms with Gasteiger partial charge in [-0.15, -0.1) is 0 Å². The summed E-state index contributed by atoms with van der Waals surface area (Å²) in [5, 5.41) is 19.2. The number of carbonyl (C=O) groups excluding carboxylic acids is 1. The molecule has 136 valence electrons. The van der Waals surface area contributed by atoms with Crippen LogP contribution in [0.25, 0.3) is 11.0 Å². The van der Waals surface area contributed by atoms with Crippen LogP contribution in [0.3, 0.4) is 0 Å². The molecule has 1 amide bonds. The molecule has 1 fully saturated rings. The molecule has 1 saturated heterocycles. The molecular weight excluding hydrogens is 332 g/mol. The maximum Gasteiger partial charge on any atom is 0.246 e. The van der Waals surface area contributed by atoms with Crippen molar-refractivity contribution in [3.63, 3.8) is 0 Å². The van der Waals surface area contributed by atoms with Gasteiger partial charge in [-0.3, -0.25) is 4.79 Å². The number of likely N-dealkylation sites (tertiary alicyclic amines) is 1. The van der Waals surface area contributed by atoms with Crippen molar-refractivity contribution in [2.75, 3.05) is 13.1 Å². The first-order valence-electron chi connectivity index (χ1n) is 8.85. The van der Waals surface area contributed by atoms with Gasteiger partial charge in [0.15, 0.2) is 0 Å². The number of aliphatic hydroxyl groups excluding tert-OH is 1. The van der Waals surface area contributed by atoms with Crippen LogP contribution in [0.2, 0.25) is 0 Å². The Hall–Kier alpha value is -2.74. The monoisotopic (exact) mass is 354 g/mol. The van der Waals surface area contributed by atoms with Gasteiger partial charge in [0.1, 0.15) is 29.5 Å². The fourth-order valence-electron chi connectivity index (χ4n) is 3.53. The summed E-state index contributed by atoms with van der Waals surface area (Å²) >= 11 is 0. The van der Waals surface area contributed by atoms with Gasteiger partial charge in [0.05, 0.1) is 0 Å². The third kappa shape index (κ3) is 3.20. The summed E-state index contributed by atoms with van der Waals surface area (Å²) in [6, 6.07) is 7.57. The smallest absolute Gasteiger partial charge is 0.246 e. The molecule has 3 heterocycles. The molecule has 1 N–H and O–H groups in total. The lowest BCUT2D eigenvalue weighted by Crippen LogP contribution is -2.41. The summed E-state index contributed by atoms with van der Waals surface area (Å²) in [6.07, 6.45) is 4.45. The highest BCUT2D eigenvalue weighted by atomic mass is 16.3. The molecule has 26 heavy (non-hydrogen) atoms. The Labute approximate surface area is 151 Å². The van der Waals surface area contributed by atoms with E-state index in [2.05, 4.69) is 15.2 Å². The van der Waals surface area contributed by atoms with E-state index in [0.717, 1.165) is 23.9 Å². The molecule has 3 aromatic rings. The van der Waals surface area contributed by atoms with Crippen molar-refractivity contribution in [3.05, 3.63) is 42.5 Å². The van der Waals surface area contributed by atoms with Crippen LogP contribution < -0.4 is 0 Å². The third-order valence-electron chi connectivity index (χ3n) is 5.07. The molecule has 1 aromatic carbocycles. The minimum absolute atomic E-state index is 0.00948. The van der Waals surface area contributed by atoms with E-state index >= 15 is 0 Å². The molecular formula is C18H22N6O2. The van der Waals surface area contributed by atoms with Gasteiger partial charge in [-0.05, 0) is 30.9 Å². The number of aryl methyl sites for hydroxylation is 1. The van der Waals surface area contributed by atoms with E-state index in [4.69, 9.17) is 0 Å². The van der Waals surface area contributed by atoms with Crippen LogP contribution >= 0.6 is 0 Å². The summed E-state index contributed by atoms with van der Waals surface area (Å²) < 4.78 is 1.84. The van der Waals surface area contributed by atoms with Crippen molar-refractivity contribution < 1.29 is 9.90 Å². The highest BCUT2D eigenvalue weighted by molar-refractivity contribution is 5.77. The Bertz CT molecular complexity index is 876. The number of nitrogens with zero attached hydrogens (tertiary/aromatic N) is 6. The third-order valence-corrected chi connectivity index (χ3v) is 5.07. The number of imidazole rings is 1. The normalized spacial score (nSPS) is 16.9. The second kappa shape index (κ2) is 6.87. The van der Waals surface area contributed by atoms with Crippen LogP contribution in [-0.2, 0) is 18.4 Å². The summed E-state index contributed by atoms with van der Waals surface area (Å²) in [5.74, 6) is 0.808. The number of amides is 1. The van der Waals surface area contributed by atoms with Gasteiger partial charge in [0.25, 0.3) is 0 Å². The van der Waals surface area contributed by atoms with Crippen LogP contribution in [0.4, 0.5) is 0 Å². The first-order valence-corrected chi connectivity index (χ1v) is 8.85. The molecule has 8 heteroatoms. The van der Waals surface area contributed by atoms with E-state index in [1.54, 1.807) is 6.20 Å². The number of hydrogen-bond acceptors (Lipinski definition) is 5. The largest absolute Gasteiger partial charge is 0.385 e. The van der Waals surface area contributed by atoms with E-state index in [-0.39, 0.29) is 18.4 Å². The zero-order valence-corrected chi connectivity index (χ0v) is 14.7. The topological polar surface area (TPSA) is 89.1 Å². The molecule has 4 rings (SSSR count).